The molecule has 0 bridgehead atoms. The van der Waals surface area contributed by atoms with E-state index in [4.69, 9.17) is 26.1 Å². The van der Waals surface area contributed by atoms with Gasteiger partial charge in [-0.2, -0.15) is 0 Å². The number of likely N-dealkylation sites (tertiary alicyclic amines) is 1. The Morgan fingerprint density at radius 3 is 1.96 bits per heavy atom. The van der Waals surface area contributed by atoms with Gasteiger partial charge >= 0.3 is 0 Å². The zero-order valence-electron chi connectivity index (χ0n) is 30.8. The van der Waals surface area contributed by atoms with Crippen LogP contribution in [0.2, 0.25) is 5.02 Å². The standard InChI is InChI=1S/C46H49ClN4O2/c1-3-49(4-2)29-8-32-52-42-25-19-41(20-26-42)51-34-45(38-15-21-43(22-16-38)53-44-23-17-40(47)18-24-44)48-46(51)39-27-30-50(31-28-39)33-35-11-13-37(14-12-35)36-9-6-5-7-10-36/h5-7,9-26,34,39H,3-4,8,27-33H2,1-2H3. The van der Waals surface area contributed by atoms with Crippen molar-refractivity contribution in [2.75, 3.05) is 39.3 Å². The molecule has 0 radical (unpaired) electrons. The van der Waals surface area contributed by atoms with E-state index in [-0.39, 0.29) is 0 Å². The highest BCUT2D eigenvalue weighted by molar-refractivity contribution is 6.30. The van der Waals surface area contributed by atoms with Gasteiger partial charge in [0.1, 0.15) is 23.1 Å². The summed E-state index contributed by atoms with van der Waals surface area (Å²) in [4.78, 5) is 10.3. The summed E-state index contributed by atoms with van der Waals surface area (Å²) in [6.45, 7) is 11.4. The molecule has 0 aliphatic carbocycles. The molecule has 6 nitrogen and oxygen atoms in total. The van der Waals surface area contributed by atoms with Crippen molar-refractivity contribution in [3.05, 3.63) is 150 Å². The first-order valence-corrected chi connectivity index (χ1v) is 19.4. The van der Waals surface area contributed by atoms with Gasteiger partial charge in [-0.3, -0.25) is 4.90 Å². The number of benzene rings is 5. The molecule has 1 saturated heterocycles. The largest absolute Gasteiger partial charge is 0.494 e. The van der Waals surface area contributed by atoms with E-state index < -0.39 is 0 Å². The van der Waals surface area contributed by atoms with Crippen LogP contribution in [0.3, 0.4) is 0 Å². The molecule has 6 aromatic rings. The summed E-state index contributed by atoms with van der Waals surface area (Å²) in [5, 5.41) is 0.687. The van der Waals surface area contributed by atoms with Crippen LogP contribution >= 0.6 is 11.6 Å². The second kappa shape index (κ2) is 17.8. The predicted molar refractivity (Wildman–Crippen MR) is 218 cm³/mol. The van der Waals surface area contributed by atoms with Crippen LogP contribution in [-0.4, -0.2) is 58.7 Å². The second-order valence-electron chi connectivity index (χ2n) is 13.8. The molecule has 0 atom stereocenters. The molecule has 1 aliphatic heterocycles. The molecule has 7 heteroatoms. The van der Waals surface area contributed by atoms with Crippen LogP contribution in [0.25, 0.3) is 28.1 Å². The monoisotopic (exact) mass is 724 g/mol. The second-order valence-corrected chi connectivity index (χ2v) is 14.2. The smallest absolute Gasteiger partial charge is 0.127 e. The highest BCUT2D eigenvalue weighted by Crippen LogP contribution is 2.34. The van der Waals surface area contributed by atoms with Gasteiger partial charge in [0.2, 0.25) is 0 Å². The van der Waals surface area contributed by atoms with Gasteiger partial charge in [0.05, 0.1) is 12.3 Å². The molecule has 0 amide bonds. The summed E-state index contributed by atoms with van der Waals surface area (Å²) in [5.41, 5.74) is 6.97. The quantitative estimate of drug-likeness (QED) is 0.0987. The van der Waals surface area contributed by atoms with Crippen molar-refractivity contribution in [1.29, 1.82) is 0 Å². The van der Waals surface area contributed by atoms with Gasteiger partial charge in [0.25, 0.3) is 0 Å². The zero-order chi connectivity index (χ0) is 36.4. The number of hydrogen-bond donors (Lipinski definition) is 0. The summed E-state index contributed by atoms with van der Waals surface area (Å²) in [5.74, 6) is 3.88. The summed E-state index contributed by atoms with van der Waals surface area (Å²) < 4.78 is 14.5. The first kappa shape index (κ1) is 36.5. The van der Waals surface area contributed by atoms with Crippen LogP contribution in [0.15, 0.2) is 134 Å². The third kappa shape index (κ3) is 9.57. The maximum Gasteiger partial charge on any atom is 0.127 e. The summed E-state index contributed by atoms with van der Waals surface area (Å²) >= 11 is 6.06. The lowest BCUT2D eigenvalue weighted by Gasteiger charge is -2.32. The Labute approximate surface area is 319 Å². The van der Waals surface area contributed by atoms with Crippen molar-refractivity contribution in [1.82, 2.24) is 19.4 Å². The summed E-state index contributed by atoms with van der Waals surface area (Å²) in [6, 6.07) is 43.7. The molecule has 0 N–H and O–H groups in total. The van der Waals surface area contributed by atoms with Crippen LogP contribution in [0.4, 0.5) is 0 Å². The number of aromatic nitrogens is 2. The first-order chi connectivity index (χ1) is 26.0. The van der Waals surface area contributed by atoms with Crippen LogP contribution in [0.1, 0.15) is 50.4 Å². The fourth-order valence-electron chi connectivity index (χ4n) is 7.12. The molecule has 1 aliphatic rings. The number of ether oxygens (including phenoxy) is 2. The molecule has 1 fully saturated rings. The van der Waals surface area contributed by atoms with Crippen molar-refractivity contribution in [3.63, 3.8) is 0 Å². The van der Waals surface area contributed by atoms with E-state index >= 15 is 0 Å². The average Bonchev–Trinajstić information content (AvgIpc) is 3.66. The number of nitrogens with zero attached hydrogens (tertiary/aromatic N) is 4. The molecule has 1 aromatic heterocycles. The van der Waals surface area contributed by atoms with E-state index in [1.165, 1.54) is 16.7 Å². The molecule has 0 unspecified atom stereocenters. The number of piperidine rings is 1. The summed E-state index contributed by atoms with van der Waals surface area (Å²) in [7, 11) is 0. The SMILES string of the molecule is CCN(CC)CCCOc1ccc(-n2cc(-c3ccc(Oc4ccc(Cl)cc4)cc3)nc2C2CCN(Cc3ccc(-c4ccccc4)cc3)CC2)cc1. The molecule has 272 valence electrons. The number of imidazole rings is 1. The van der Waals surface area contributed by atoms with Gasteiger partial charge in [-0.15, -0.1) is 0 Å². The van der Waals surface area contributed by atoms with Gasteiger partial charge in [0.15, 0.2) is 0 Å². The Hall–Kier alpha value is -4.88. The van der Waals surface area contributed by atoms with Crippen LogP contribution in [0, 0.1) is 0 Å². The maximum atomic E-state index is 6.13. The summed E-state index contributed by atoms with van der Waals surface area (Å²) in [6.07, 6.45) is 5.31. The van der Waals surface area contributed by atoms with E-state index in [1.54, 1.807) is 0 Å². The minimum Gasteiger partial charge on any atom is -0.494 e. The molecular weight excluding hydrogens is 676 g/mol. The molecule has 0 spiro atoms. The van der Waals surface area contributed by atoms with Crippen molar-refractivity contribution >= 4 is 11.6 Å². The van der Waals surface area contributed by atoms with E-state index in [1.807, 2.05) is 36.4 Å². The number of halogens is 1. The van der Waals surface area contributed by atoms with Crippen molar-refractivity contribution in [2.24, 2.45) is 0 Å². The van der Waals surface area contributed by atoms with Gasteiger partial charge in [-0.1, -0.05) is 80.0 Å². The topological polar surface area (TPSA) is 42.8 Å². The molecular formula is C46H49ClN4O2. The van der Waals surface area contributed by atoms with E-state index in [0.29, 0.717) is 17.5 Å². The van der Waals surface area contributed by atoms with Gasteiger partial charge in [0, 0.05) is 41.5 Å². The predicted octanol–water partition coefficient (Wildman–Crippen LogP) is 11.1. The van der Waals surface area contributed by atoms with Crippen molar-refractivity contribution in [3.8, 4) is 45.3 Å². The minimum atomic E-state index is 0.351. The Morgan fingerprint density at radius 1 is 0.698 bits per heavy atom. The Kier molecular flexibility index (Phi) is 12.2. The normalized spacial score (nSPS) is 13.7. The molecule has 53 heavy (non-hydrogen) atoms. The highest BCUT2D eigenvalue weighted by atomic mass is 35.5. The van der Waals surface area contributed by atoms with Gasteiger partial charge in [-0.25, -0.2) is 4.98 Å². The van der Waals surface area contributed by atoms with E-state index in [9.17, 15) is 0 Å². The Bertz CT molecular complexity index is 2000. The van der Waals surface area contributed by atoms with Crippen molar-refractivity contribution in [2.45, 2.75) is 45.6 Å². The fourth-order valence-corrected chi connectivity index (χ4v) is 7.25. The van der Waals surface area contributed by atoms with Crippen LogP contribution in [0.5, 0.6) is 17.2 Å². The van der Waals surface area contributed by atoms with Crippen LogP contribution in [-0.2, 0) is 6.54 Å². The van der Waals surface area contributed by atoms with Gasteiger partial charge < -0.3 is 18.9 Å². The lowest BCUT2D eigenvalue weighted by atomic mass is 9.95. The number of rotatable bonds is 15. The lowest BCUT2D eigenvalue weighted by molar-refractivity contribution is 0.201. The van der Waals surface area contributed by atoms with Gasteiger partial charge in [-0.05, 0) is 135 Å². The van der Waals surface area contributed by atoms with E-state index in [2.05, 4.69) is 125 Å². The third-order valence-electron chi connectivity index (χ3n) is 10.2. The molecule has 0 saturated carbocycles. The first-order valence-electron chi connectivity index (χ1n) is 19.0. The van der Waals surface area contributed by atoms with Crippen LogP contribution < -0.4 is 9.47 Å². The Balaban J connectivity index is 1.05. The highest BCUT2D eigenvalue weighted by Gasteiger charge is 2.26. The molecule has 7 rings (SSSR count). The number of hydrogen-bond acceptors (Lipinski definition) is 5. The fraction of sp³-hybridized carbons (Fsp3) is 0.283. The molecule has 5 aromatic carbocycles. The van der Waals surface area contributed by atoms with E-state index in [0.717, 1.165) is 98.5 Å². The maximum absolute atomic E-state index is 6.13. The lowest BCUT2D eigenvalue weighted by Crippen LogP contribution is -2.33. The van der Waals surface area contributed by atoms with Crippen molar-refractivity contribution < 1.29 is 9.47 Å². The zero-order valence-corrected chi connectivity index (χ0v) is 31.6. The minimum absolute atomic E-state index is 0.351. The molecule has 2 heterocycles. The average molecular weight is 725 g/mol. The third-order valence-corrected chi connectivity index (χ3v) is 10.5. The Morgan fingerprint density at radius 2 is 1.30 bits per heavy atom.